The van der Waals surface area contributed by atoms with Crippen molar-refractivity contribution in [1.29, 1.82) is 0 Å². The fourth-order valence-electron chi connectivity index (χ4n) is 0.826. The van der Waals surface area contributed by atoms with Gasteiger partial charge in [-0.15, -0.1) is 0 Å². The largest absolute Gasteiger partial charge is 0.490 e. The van der Waals surface area contributed by atoms with Crippen LogP contribution in [0.2, 0.25) is 0 Å². The number of rotatable bonds is 2. The van der Waals surface area contributed by atoms with Crippen LogP contribution in [0.15, 0.2) is 15.0 Å². The van der Waals surface area contributed by atoms with Gasteiger partial charge in [-0.3, -0.25) is 0 Å². The monoisotopic (exact) mass is 314 g/mol. The second-order valence-electron chi connectivity index (χ2n) is 2.23. The van der Waals surface area contributed by atoms with E-state index >= 15 is 0 Å². The van der Waals surface area contributed by atoms with Gasteiger partial charge in [-0.1, -0.05) is 0 Å². The molecule has 0 atom stereocenters. The van der Waals surface area contributed by atoms with Crippen LogP contribution < -0.4 is 4.74 Å². The third-order valence-electron chi connectivity index (χ3n) is 1.36. The van der Waals surface area contributed by atoms with Crippen LogP contribution >= 0.6 is 31.9 Å². The molecule has 1 rings (SSSR count). The van der Waals surface area contributed by atoms with Crippen LogP contribution in [0.4, 0.5) is 8.78 Å². The van der Waals surface area contributed by atoms with Crippen molar-refractivity contribution in [1.82, 2.24) is 0 Å². The molecule has 1 nitrogen and oxygen atoms in total. The topological polar surface area (TPSA) is 9.23 Å². The Balaban J connectivity index is 3.26. The maximum Gasteiger partial charge on any atom is 0.183 e. The predicted molar refractivity (Wildman–Crippen MR) is 52.9 cm³/mol. The van der Waals surface area contributed by atoms with Crippen molar-refractivity contribution in [2.24, 2.45) is 0 Å². The molecule has 0 N–H and O–H groups in total. The molecule has 1 aromatic carbocycles. The van der Waals surface area contributed by atoms with Crippen molar-refractivity contribution in [2.75, 3.05) is 6.61 Å². The maximum atomic E-state index is 13.3. The summed E-state index contributed by atoms with van der Waals surface area (Å²) in [5, 5.41) is 0. The third-order valence-corrected chi connectivity index (χ3v) is 2.68. The van der Waals surface area contributed by atoms with Gasteiger partial charge in [-0.25, -0.2) is 8.78 Å². The smallest absolute Gasteiger partial charge is 0.183 e. The highest BCUT2D eigenvalue weighted by molar-refractivity contribution is 9.11. The molecule has 13 heavy (non-hydrogen) atoms. The molecule has 0 aliphatic carbocycles. The van der Waals surface area contributed by atoms with Gasteiger partial charge < -0.3 is 4.74 Å². The molecule has 72 valence electrons. The van der Waals surface area contributed by atoms with E-state index in [0.29, 0.717) is 6.61 Å². The molecule has 5 heteroatoms. The summed E-state index contributed by atoms with van der Waals surface area (Å²) in [6, 6.07) is 1.15. The number of ether oxygens (including phenoxy) is 1. The highest BCUT2D eigenvalue weighted by Gasteiger charge is 2.16. The summed E-state index contributed by atoms with van der Waals surface area (Å²) in [5.74, 6) is -1.36. The molecule has 0 aliphatic rings. The summed E-state index contributed by atoms with van der Waals surface area (Å²) in [5.41, 5.74) is 0. The summed E-state index contributed by atoms with van der Waals surface area (Å²) in [7, 11) is 0. The molecule has 0 aliphatic heterocycles. The predicted octanol–water partition coefficient (Wildman–Crippen LogP) is 3.89. The molecule has 0 saturated heterocycles. The van der Waals surface area contributed by atoms with Crippen LogP contribution in [0.5, 0.6) is 5.75 Å². The van der Waals surface area contributed by atoms with Crippen LogP contribution in [-0.2, 0) is 0 Å². The molecule has 0 radical (unpaired) electrons. The Labute approximate surface area is 91.3 Å². The zero-order chi connectivity index (χ0) is 10.0. The first kappa shape index (κ1) is 10.9. The van der Waals surface area contributed by atoms with Crippen LogP contribution in [0.1, 0.15) is 6.92 Å². The van der Waals surface area contributed by atoms with E-state index in [-0.39, 0.29) is 14.7 Å². The standard InChI is InChI=1S/C8H6Br2F2O/c1-2-13-8-4(9)3-5(11)6(10)7(8)12/h3H,2H2,1H3. The maximum absolute atomic E-state index is 13.3. The normalized spacial score (nSPS) is 10.2. The van der Waals surface area contributed by atoms with E-state index in [0.717, 1.165) is 6.07 Å². The fourth-order valence-corrected chi connectivity index (χ4v) is 1.61. The molecule has 0 unspecified atom stereocenters. The number of halogens is 4. The molecule has 0 aromatic heterocycles. The molecular weight excluding hydrogens is 310 g/mol. The van der Waals surface area contributed by atoms with Crippen LogP contribution in [0.3, 0.4) is 0 Å². The minimum absolute atomic E-state index is 0.0239. The second kappa shape index (κ2) is 4.37. The summed E-state index contributed by atoms with van der Waals surface area (Å²) in [6.45, 7) is 2.05. The summed E-state index contributed by atoms with van der Waals surface area (Å²) in [4.78, 5) is 0. The van der Waals surface area contributed by atoms with Crippen LogP contribution in [0.25, 0.3) is 0 Å². The van der Waals surface area contributed by atoms with E-state index in [1.54, 1.807) is 6.92 Å². The van der Waals surface area contributed by atoms with Crippen molar-refractivity contribution in [2.45, 2.75) is 6.92 Å². The van der Waals surface area contributed by atoms with Gasteiger partial charge in [-0.05, 0) is 44.8 Å². The number of benzene rings is 1. The Morgan fingerprint density at radius 3 is 2.54 bits per heavy atom. The second-order valence-corrected chi connectivity index (χ2v) is 3.88. The highest BCUT2D eigenvalue weighted by atomic mass is 79.9. The average Bonchev–Trinajstić information content (AvgIpc) is 2.09. The van der Waals surface area contributed by atoms with Gasteiger partial charge in [0.1, 0.15) is 5.82 Å². The van der Waals surface area contributed by atoms with Crippen molar-refractivity contribution < 1.29 is 13.5 Å². The Morgan fingerprint density at radius 1 is 1.38 bits per heavy atom. The molecule has 0 amide bonds. The lowest BCUT2D eigenvalue weighted by Crippen LogP contribution is -1.98. The lowest BCUT2D eigenvalue weighted by molar-refractivity contribution is 0.317. The van der Waals surface area contributed by atoms with E-state index in [9.17, 15) is 8.78 Å². The van der Waals surface area contributed by atoms with Gasteiger partial charge in [0, 0.05) is 0 Å². The summed E-state index contributed by atoms with van der Waals surface area (Å²) in [6.07, 6.45) is 0. The van der Waals surface area contributed by atoms with Gasteiger partial charge in [0.05, 0.1) is 15.6 Å². The van der Waals surface area contributed by atoms with Gasteiger partial charge in [0.2, 0.25) is 0 Å². The quantitative estimate of drug-likeness (QED) is 0.594. The number of hydrogen-bond donors (Lipinski definition) is 0. The molecule has 0 saturated carbocycles. The first-order valence-corrected chi connectivity index (χ1v) is 5.12. The highest BCUT2D eigenvalue weighted by Crippen LogP contribution is 2.34. The SMILES string of the molecule is CCOc1c(Br)cc(F)c(Br)c1F. The zero-order valence-electron chi connectivity index (χ0n) is 6.70. The van der Waals surface area contributed by atoms with Gasteiger partial charge in [0.15, 0.2) is 11.6 Å². The lowest BCUT2D eigenvalue weighted by Gasteiger charge is -2.08. The minimum atomic E-state index is -0.728. The van der Waals surface area contributed by atoms with Crippen molar-refractivity contribution in [3.8, 4) is 5.75 Å². The van der Waals surface area contributed by atoms with Crippen molar-refractivity contribution in [3.05, 3.63) is 26.6 Å². The molecule has 0 heterocycles. The van der Waals surface area contributed by atoms with Gasteiger partial charge in [0.25, 0.3) is 0 Å². The molecule has 0 bridgehead atoms. The van der Waals surface area contributed by atoms with Crippen LogP contribution in [0, 0.1) is 11.6 Å². The van der Waals surface area contributed by atoms with Crippen molar-refractivity contribution in [3.63, 3.8) is 0 Å². The molecule has 0 fully saturated rings. The average molecular weight is 316 g/mol. The summed E-state index contributed by atoms with van der Waals surface area (Å²) >= 11 is 5.79. The zero-order valence-corrected chi connectivity index (χ0v) is 9.88. The Bertz CT molecular complexity index is 328. The Hall–Kier alpha value is -0.160. The third kappa shape index (κ3) is 2.20. The Kier molecular flexibility index (Phi) is 3.67. The van der Waals surface area contributed by atoms with E-state index in [1.807, 2.05) is 0 Å². The first-order chi connectivity index (χ1) is 6.07. The van der Waals surface area contributed by atoms with Crippen LogP contribution in [-0.4, -0.2) is 6.61 Å². The van der Waals surface area contributed by atoms with E-state index in [4.69, 9.17) is 4.74 Å². The van der Waals surface area contributed by atoms with Gasteiger partial charge >= 0.3 is 0 Å². The van der Waals surface area contributed by atoms with E-state index in [2.05, 4.69) is 31.9 Å². The van der Waals surface area contributed by atoms with E-state index < -0.39 is 11.6 Å². The molecular formula is C8H6Br2F2O. The minimum Gasteiger partial charge on any atom is -0.490 e. The lowest BCUT2D eigenvalue weighted by atomic mass is 10.3. The van der Waals surface area contributed by atoms with E-state index in [1.165, 1.54) is 0 Å². The molecule has 0 spiro atoms. The van der Waals surface area contributed by atoms with Crippen molar-refractivity contribution >= 4 is 31.9 Å². The summed E-state index contributed by atoms with van der Waals surface area (Å²) < 4.78 is 31.2. The Morgan fingerprint density at radius 2 is 2.00 bits per heavy atom. The number of hydrogen-bond acceptors (Lipinski definition) is 1. The first-order valence-electron chi connectivity index (χ1n) is 3.53. The molecule has 1 aromatic rings. The van der Waals surface area contributed by atoms with Gasteiger partial charge in [-0.2, -0.15) is 0 Å². The fraction of sp³-hybridized carbons (Fsp3) is 0.250.